The number of hydrogen-bond donors (Lipinski definition) is 3. The van der Waals surface area contributed by atoms with E-state index < -0.39 is 35.8 Å². The number of methoxy groups -OCH3 is 1. The first-order chi connectivity index (χ1) is 10.9. The lowest BCUT2D eigenvalue weighted by Gasteiger charge is -2.17. The Morgan fingerprint density at radius 1 is 1.43 bits per heavy atom. The molecule has 2 aromatic heterocycles. The number of H-pyrrole nitrogens is 1. The van der Waals surface area contributed by atoms with Crippen molar-refractivity contribution in [2.75, 3.05) is 13.7 Å². The lowest BCUT2D eigenvalue weighted by molar-refractivity contribution is -0.746. The highest BCUT2D eigenvalue weighted by atomic mass is 16.6. The van der Waals surface area contributed by atoms with Crippen molar-refractivity contribution < 1.29 is 24.3 Å². The first-order valence-corrected chi connectivity index (χ1v) is 7.07. The largest absolute Gasteiger partial charge is 0.394 e. The Morgan fingerprint density at radius 3 is 2.74 bits per heavy atom. The van der Waals surface area contributed by atoms with Gasteiger partial charge in [-0.3, -0.25) is 14.3 Å². The van der Waals surface area contributed by atoms with Crippen LogP contribution in [0.2, 0.25) is 0 Å². The predicted octanol–water partition coefficient (Wildman–Crippen LogP) is -2.88. The van der Waals surface area contributed by atoms with Gasteiger partial charge in [0.15, 0.2) is 6.33 Å². The van der Waals surface area contributed by atoms with Crippen LogP contribution in [0.15, 0.2) is 15.9 Å². The number of rotatable bonds is 3. The number of ether oxygens (including phenoxy) is 2. The lowest BCUT2D eigenvalue weighted by Crippen LogP contribution is -2.48. The normalized spacial score (nSPS) is 27.9. The van der Waals surface area contributed by atoms with E-state index in [1.54, 1.807) is 22.5 Å². The Morgan fingerprint density at radius 2 is 2.13 bits per heavy atom. The predicted molar refractivity (Wildman–Crippen MR) is 76.8 cm³/mol. The summed E-state index contributed by atoms with van der Waals surface area (Å²) in [6.07, 6.45) is -1.80. The van der Waals surface area contributed by atoms with Crippen LogP contribution in [-0.4, -0.2) is 56.4 Å². The zero-order valence-electron chi connectivity index (χ0n) is 13.0. The Kier molecular flexibility index (Phi) is 3.84. The van der Waals surface area contributed by atoms with Crippen LogP contribution in [0.1, 0.15) is 6.23 Å². The topological polar surface area (TPSA) is 123 Å². The van der Waals surface area contributed by atoms with Gasteiger partial charge < -0.3 is 19.7 Å². The van der Waals surface area contributed by atoms with Gasteiger partial charge in [0.05, 0.1) is 20.7 Å². The summed E-state index contributed by atoms with van der Waals surface area (Å²) >= 11 is 0. The fraction of sp³-hybridized carbons (Fsp3) is 0.615. The van der Waals surface area contributed by atoms with Gasteiger partial charge >= 0.3 is 5.69 Å². The number of nitrogens with one attached hydrogen (secondary N) is 1. The molecule has 4 atom stereocenters. The smallest absolute Gasteiger partial charge is 0.386 e. The zero-order valence-corrected chi connectivity index (χ0v) is 13.0. The van der Waals surface area contributed by atoms with Crippen molar-refractivity contribution in [3.05, 3.63) is 27.2 Å². The number of aryl methyl sites for hydroxylation is 2. The molecular weight excluding hydrogens is 308 g/mol. The Hall–Kier alpha value is -2.01. The zero-order chi connectivity index (χ0) is 16.9. The molecule has 1 fully saturated rings. The van der Waals surface area contributed by atoms with E-state index in [0.29, 0.717) is 5.65 Å². The molecule has 0 amide bonds. The van der Waals surface area contributed by atoms with Crippen LogP contribution in [0.4, 0.5) is 0 Å². The SMILES string of the molecule is CO[C@@H]1[C@H](O)[C@@H](CO)O[C@H]1[n+]1cn(C)c2c(=O)[nH]c(=O)n(C)c21. The van der Waals surface area contributed by atoms with Crippen LogP contribution in [0.3, 0.4) is 0 Å². The third-order valence-corrected chi connectivity index (χ3v) is 4.20. The van der Waals surface area contributed by atoms with Crippen LogP contribution >= 0.6 is 0 Å². The van der Waals surface area contributed by atoms with E-state index in [4.69, 9.17) is 9.47 Å². The molecule has 0 aromatic carbocycles. The molecule has 3 heterocycles. The summed E-state index contributed by atoms with van der Waals surface area (Å²) in [6.45, 7) is -0.373. The molecule has 0 unspecified atom stereocenters. The summed E-state index contributed by atoms with van der Waals surface area (Å²) in [7, 11) is 4.60. The molecule has 3 rings (SSSR count). The molecule has 10 nitrogen and oxygen atoms in total. The molecule has 1 saturated heterocycles. The third kappa shape index (κ3) is 2.22. The first-order valence-electron chi connectivity index (χ1n) is 7.07. The van der Waals surface area contributed by atoms with Crippen LogP contribution in [-0.2, 0) is 23.6 Å². The van der Waals surface area contributed by atoms with Gasteiger partial charge in [0, 0.05) is 7.11 Å². The summed E-state index contributed by atoms with van der Waals surface area (Å²) in [5.74, 6) is 0. The molecule has 0 bridgehead atoms. The maximum absolute atomic E-state index is 12.1. The molecule has 126 valence electrons. The average Bonchev–Trinajstić information content (AvgIpc) is 3.02. The van der Waals surface area contributed by atoms with Gasteiger partial charge in [0.2, 0.25) is 11.7 Å². The minimum absolute atomic E-state index is 0.285. The average molecular weight is 327 g/mol. The molecule has 0 aliphatic carbocycles. The van der Waals surface area contributed by atoms with E-state index >= 15 is 0 Å². The van der Waals surface area contributed by atoms with Gasteiger partial charge in [-0.25, -0.2) is 13.9 Å². The molecule has 0 radical (unpaired) electrons. The van der Waals surface area contributed by atoms with Gasteiger partial charge in [0.1, 0.15) is 18.3 Å². The molecule has 1 aliphatic heterocycles. The second-order valence-corrected chi connectivity index (χ2v) is 5.56. The van der Waals surface area contributed by atoms with E-state index in [1.165, 1.54) is 18.7 Å². The summed E-state index contributed by atoms with van der Waals surface area (Å²) in [5.41, 5.74) is -0.462. The summed E-state index contributed by atoms with van der Waals surface area (Å²) in [5, 5.41) is 19.5. The molecule has 0 saturated carbocycles. The van der Waals surface area contributed by atoms with Crippen LogP contribution in [0.25, 0.3) is 11.2 Å². The summed E-state index contributed by atoms with van der Waals surface area (Å²) in [4.78, 5) is 26.2. The number of aromatic amines is 1. The van der Waals surface area contributed by atoms with Crippen molar-refractivity contribution in [1.82, 2.24) is 14.1 Å². The molecule has 3 N–H and O–H groups in total. The third-order valence-electron chi connectivity index (χ3n) is 4.20. The monoisotopic (exact) mass is 327 g/mol. The highest BCUT2D eigenvalue weighted by Gasteiger charge is 2.47. The number of aliphatic hydroxyl groups is 2. The van der Waals surface area contributed by atoms with E-state index in [2.05, 4.69) is 4.98 Å². The molecule has 1 aliphatic rings. The van der Waals surface area contributed by atoms with Crippen molar-refractivity contribution in [1.29, 1.82) is 0 Å². The summed E-state index contributed by atoms with van der Waals surface area (Å²) < 4.78 is 15.4. The number of nitrogens with zero attached hydrogens (tertiary/aromatic N) is 3. The van der Waals surface area contributed by atoms with Gasteiger partial charge in [-0.1, -0.05) is 0 Å². The summed E-state index contributed by atoms with van der Waals surface area (Å²) in [6, 6.07) is 0. The van der Waals surface area contributed by atoms with Crippen LogP contribution in [0, 0.1) is 0 Å². The number of aromatic nitrogens is 4. The van der Waals surface area contributed by atoms with E-state index in [9.17, 15) is 19.8 Å². The minimum Gasteiger partial charge on any atom is -0.394 e. The maximum atomic E-state index is 12.1. The van der Waals surface area contributed by atoms with Crippen molar-refractivity contribution in [3.8, 4) is 0 Å². The lowest BCUT2D eigenvalue weighted by atomic mass is 10.1. The van der Waals surface area contributed by atoms with Crippen molar-refractivity contribution in [2.45, 2.75) is 24.5 Å². The molecule has 2 aromatic rings. The highest BCUT2D eigenvalue weighted by Crippen LogP contribution is 2.28. The fourth-order valence-electron chi connectivity index (χ4n) is 3.04. The van der Waals surface area contributed by atoms with Crippen molar-refractivity contribution in [2.24, 2.45) is 14.1 Å². The van der Waals surface area contributed by atoms with Gasteiger partial charge in [-0.15, -0.1) is 0 Å². The van der Waals surface area contributed by atoms with Crippen molar-refractivity contribution in [3.63, 3.8) is 0 Å². The second-order valence-electron chi connectivity index (χ2n) is 5.56. The Bertz CT molecular complexity index is 852. The van der Waals surface area contributed by atoms with Crippen LogP contribution < -0.4 is 15.8 Å². The number of imidazole rings is 1. The quantitative estimate of drug-likeness (QED) is 0.521. The van der Waals surface area contributed by atoms with Gasteiger partial charge in [-0.2, -0.15) is 0 Å². The number of hydrogen-bond acceptors (Lipinski definition) is 6. The minimum atomic E-state index is -1.03. The van der Waals surface area contributed by atoms with Gasteiger partial charge in [0.25, 0.3) is 11.2 Å². The highest BCUT2D eigenvalue weighted by molar-refractivity contribution is 5.66. The van der Waals surface area contributed by atoms with Crippen molar-refractivity contribution >= 4 is 11.2 Å². The molecule has 10 heteroatoms. The van der Waals surface area contributed by atoms with E-state index in [0.717, 1.165) is 0 Å². The van der Waals surface area contributed by atoms with E-state index in [1.807, 2.05) is 0 Å². The Balaban J connectivity index is 2.25. The Labute approximate surface area is 130 Å². The standard InChI is InChI=1S/C13H18N4O6/c1-15-5-17(11-7(15)10(20)14-13(21)16(11)2)12-9(22-3)8(19)6(4-18)23-12/h5-6,8-9,12,18-19H,4H2,1-3H3/p+1/t6-,8-,9-,12-/m1/s1. The maximum Gasteiger partial charge on any atom is 0.386 e. The molecular formula is C13H19N4O6+. The fourth-order valence-corrected chi connectivity index (χ4v) is 3.04. The van der Waals surface area contributed by atoms with Gasteiger partial charge in [-0.05, 0) is 0 Å². The number of fused-ring (bicyclic) bond motifs is 1. The number of aliphatic hydroxyl groups excluding tert-OH is 2. The van der Waals surface area contributed by atoms with Crippen LogP contribution in [0.5, 0.6) is 0 Å². The second kappa shape index (κ2) is 5.57. The first kappa shape index (κ1) is 15.9. The van der Waals surface area contributed by atoms with E-state index in [-0.39, 0.29) is 12.1 Å². The molecule has 0 spiro atoms. The molecule has 23 heavy (non-hydrogen) atoms.